The molecule has 5 nitrogen and oxygen atoms in total. The molecule has 0 saturated heterocycles. The van der Waals surface area contributed by atoms with Crippen LogP contribution in [0.4, 0.5) is 0 Å². The summed E-state index contributed by atoms with van der Waals surface area (Å²) in [6.45, 7) is 6.02. The molecule has 6 heteroatoms. The van der Waals surface area contributed by atoms with Gasteiger partial charge in [-0.15, -0.1) is 0 Å². The summed E-state index contributed by atoms with van der Waals surface area (Å²) in [6.07, 6.45) is 1.56. The van der Waals surface area contributed by atoms with Crippen LogP contribution in [-0.4, -0.2) is 22.8 Å². The Bertz CT molecular complexity index is 696. The summed E-state index contributed by atoms with van der Waals surface area (Å²) >= 11 is 5.91. The molecule has 0 fully saturated rings. The average Bonchev–Trinajstić information content (AvgIpc) is 3.11. The first-order chi connectivity index (χ1) is 11.9. The standard InChI is InChI=1S/C19H23ClN2O3/c1-13(2)19(24)22(12-15-6-8-16(20)9-7-15)14(3)18(23)21-11-17-5-4-10-25-17/h4-10,13-14H,11-12H2,1-3H3,(H,21,23)/t14-/m1/s1. The molecule has 2 rings (SSSR count). The Morgan fingerprint density at radius 3 is 2.40 bits per heavy atom. The topological polar surface area (TPSA) is 62.6 Å². The monoisotopic (exact) mass is 362 g/mol. The van der Waals surface area contributed by atoms with E-state index in [9.17, 15) is 9.59 Å². The van der Waals surface area contributed by atoms with E-state index in [1.807, 2.05) is 26.0 Å². The number of hydrogen-bond acceptors (Lipinski definition) is 3. The molecule has 2 amide bonds. The molecule has 1 heterocycles. The summed E-state index contributed by atoms with van der Waals surface area (Å²) < 4.78 is 5.21. The van der Waals surface area contributed by atoms with Gasteiger partial charge in [0.1, 0.15) is 11.8 Å². The van der Waals surface area contributed by atoms with Gasteiger partial charge in [0.15, 0.2) is 0 Å². The van der Waals surface area contributed by atoms with Gasteiger partial charge in [-0.25, -0.2) is 0 Å². The van der Waals surface area contributed by atoms with E-state index in [0.29, 0.717) is 23.9 Å². The van der Waals surface area contributed by atoms with Crippen molar-refractivity contribution in [2.24, 2.45) is 5.92 Å². The molecule has 1 aromatic carbocycles. The van der Waals surface area contributed by atoms with Crippen molar-refractivity contribution in [3.05, 3.63) is 59.0 Å². The zero-order valence-electron chi connectivity index (χ0n) is 14.7. The van der Waals surface area contributed by atoms with E-state index in [4.69, 9.17) is 16.0 Å². The van der Waals surface area contributed by atoms with Gasteiger partial charge in [-0.1, -0.05) is 37.6 Å². The first-order valence-corrected chi connectivity index (χ1v) is 8.61. The predicted octanol–water partition coefficient (Wildman–Crippen LogP) is 3.62. The largest absolute Gasteiger partial charge is 0.467 e. The van der Waals surface area contributed by atoms with Gasteiger partial charge in [-0.2, -0.15) is 0 Å². The van der Waals surface area contributed by atoms with Crippen molar-refractivity contribution >= 4 is 23.4 Å². The third kappa shape index (κ3) is 5.36. The van der Waals surface area contributed by atoms with Crippen LogP contribution in [0.3, 0.4) is 0 Å². The van der Waals surface area contributed by atoms with E-state index in [0.717, 1.165) is 5.56 Å². The molecule has 0 aliphatic carbocycles. The number of halogens is 1. The molecule has 134 valence electrons. The van der Waals surface area contributed by atoms with Gasteiger partial charge < -0.3 is 14.6 Å². The highest BCUT2D eigenvalue weighted by Crippen LogP contribution is 2.16. The van der Waals surface area contributed by atoms with Gasteiger partial charge in [0.05, 0.1) is 12.8 Å². The van der Waals surface area contributed by atoms with Gasteiger partial charge in [-0.05, 0) is 36.8 Å². The minimum absolute atomic E-state index is 0.0735. The molecular formula is C19H23ClN2O3. The van der Waals surface area contributed by atoms with Crippen molar-refractivity contribution in [2.45, 2.75) is 39.9 Å². The van der Waals surface area contributed by atoms with E-state index in [2.05, 4.69) is 5.32 Å². The lowest BCUT2D eigenvalue weighted by molar-refractivity contribution is -0.143. The second-order valence-electron chi connectivity index (χ2n) is 6.22. The molecule has 2 aromatic rings. The van der Waals surface area contributed by atoms with E-state index in [-0.39, 0.29) is 17.7 Å². The summed E-state index contributed by atoms with van der Waals surface area (Å²) in [5.74, 6) is 0.169. The van der Waals surface area contributed by atoms with E-state index in [1.54, 1.807) is 42.4 Å². The van der Waals surface area contributed by atoms with Crippen LogP contribution in [0.2, 0.25) is 5.02 Å². The molecule has 1 N–H and O–H groups in total. The highest BCUT2D eigenvalue weighted by Gasteiger charge is 2.27. The highest BCUT2D eigenvalue weighted by atomic mass is 35.5. The SMILES string of the molecule is CC(C)C(=O)N(Cc1ccc(Cl)cc1)[C@H](C)C(=O)NCc1ccco1. The van der Waals surface area contributed by atoms with Gasteiger partial charge in [0, 0.05) is 17.5 Å². The maximum atomic E-state index is 12.6. The summed E-state index contributed by atoms with van der Waals surface area (Å²) in [4.78, 5) is 26.7. The van der Waals surface area contributed by atoms with Crippen LogP contribution in [0, 0.1) is 5.92 Å². The number of rotatable bonds is 7. The fourth-order valence-corrected chi connectivity index (χ4v) is 2.53. The number of carbonyl (C=O) groups excluding carboxylic acids is 2. The van der Waals surface area contributed by atoms with Crippen LogP contribution >= 0.6 is 11.6 Å². The predicted molar refractivity (Wildman–Crippen MR) is 96.9 cm³/mol. The number of furan rings is 1. The second-order valence-corrected chi connectivity index (χ2v) is 6.66. The number of amides is 2. The third-order valence-electron chi connectivity index (χ3n) is 3.91. The molecular weight excluding hydrogens is 340 g/mol. The van der Waals surface area contributed by atoms with Crippen LogP contribution in [0.1, 0.15) is 32.1 Å². The second kappa shape index (κ2) is 8.72. The quantitative estimate of drug-likeness (QED) is 0.818. The summed E-state index contributed by atoms with van der Waals surface area (Å²) in [6, 6.07) is 10.2. The minimum atomic E-state index is -0.597. The number of nitrogens with zero attached hydrogens (tertiary/aromatic N) is 1. The Hall–Kier alpha value is -2.27. The van der Waals surface area contributed by atoms with Crippen LogP contribution in [0.15, 0.2) is 47.1 Å². The Morgan fingerprint density at radius 1 is 1.16 bits per heavy atom. The fourth-order valence-electron chi connectivity index (χ4n) is 2.40. The summed E-state index contributed by atoms with van der Waals surface area (Å²) in [5, 5.41) is 3.44. The van der Waals surface area contributed by atoms with Gasteiger partial charge >= 0.3 is 0 Å². The molecule has 0 unspecified atom stereocenters. The Balaban J connectivity index is 2.08. The molecule has 1 aromatic heterocycles. The number of hydrogen-bond donors (Lipinski definition) is 1. The lowest BCUT2D eigenvalue weighted by Gasteiger charge is -2.30. The van der Waals surface area contributed by atoms with Gasteiger partial charge in [0.2, 0.25) is 11.8 Å². The number of benzene rings is 1. The smallest absolute Gasteiger partial charge is 0.242 e. The lowest BCUT2D eigenvalue weighted by atomic mass is 10.1. The Labute approximate surface area is 153 Å². The molecule has 0 spiro atoms. The first kappa shape index (κ1) is 19.1. The van der Waals surface area contributed by atoms with Crippen molar-refractivity contribution < 1.29 is 14.0 Å². The van der Waals surface area contributed by atoms with Crippen molar-refractivity contribution in [2.75, 3.05) is 0 Å². The zero-order valence-corrected chi connectivity index (χ0v) is 15.4. The van der Waals surface area contributed by atoms with E-state index in [1.165, 1.54) is 0 Å². The van der Waals surface area contributed by atoms with E-state index < -0.39 is 6.04 Å². The van der Waals surface area contributed by atoms with E-state index >= 15 is 0 Å². The van der Waals surface area contributed by atoms with Crippen molar-refractivity contribution in [3.8, 4) is 0 Å². The van der Waals surface area contributed by atoms with Crippen LogP contribution in [0.5, 0.6) is 0 Å². The Morgan fingerprint density at radius 2 is 1.84 bits per heavy atom. The molecule has 0 radical (unpaired) electrons. The van der Waals surface area contributed by atoms with Crippen LogP contribution in [-0.2, 0) is 22.7 Å². The summed E-state index contributed by atoms with van der Waals surface area (Å²) in [7, 11) is 0. The third-order valence-corrected chi connectivity index (χ3v) is 4.16. The zero-order chi connectivity index (χ0) is 18.4. The lowest BCUT2D eigenvalue weighted by Crippen LogP contribution is -2.48. The highest BCUT2D eigenvalue weighted by molar-refractivity contribution is 6.30. The van der Waals surface area contributed by atoms with Crippen molar-refractivity contribution in [1.29, 1.82) is 0 Å². The molecule has 1 atom stereocenters. The average molecular weight is 363 g/mol. The maximum absolute atomic E-state index is 12.6. The fraction of sp³-hybridized carbons (Fsp3) is 0.368. The van der Waals surface area contributed by atoms with Crippen molar-refractivity contribution in [1.82, 2.24) is 10.2 Å². The summed E-state index contributed by atoms with van der Waals surface area (Å²) in [5.41, 5.74) is 0.920. The Kier molecular flexibility index (Phi) is 6.65. The molecule has 0 aliphatic rings. The number of carbonyl (C=O) groups is 2. The van der Waals surface area contributed by atoms with Gasteiger partial charge in [0.25, 0.3) is 0 Å². The maximum Gasteiger partial charge on any atom is 0.242 e. The molecule has 25 heavy (non-hydrogen) atoms. The molecule has 0 saturated carbocycles. The normalized spacial score (nSPS) is 12.0. The van der Waals surface area contributed by atoms with Crippen molar-refractivity contribution in [3.63, 3.8) is 0 Å². The minimum Gasteiger partial charge on any atom is -0.467 e. The molecule has 0 aliphatic heterocycles. The van der Waals surface area contributed by atoms with Crippen LogP contribution in [0.25, 0.3) is 0 Å². The first-order valence-electron chi connectivity index (χ1n) is 8.23. The number of nitrogens with one attached hydrogen (secondary N) is 1. The van der Waals surface area contributed by atoms with Gasteiger partial charge in [-0.3, -0.25) is 9.59 Å². The molecule has 0 bridgehead atoms. The van der Waals surface area contributed by atoms with Crippen LogP contribution < -0.4 is 5.32 Å².